The van der Waals surface area contributed by atoms with Crippen molar-refractivity contribution in [2.75, 3.05) is 6.54 Å². The second-order valence-electron chi connectivity index (χ2n) is 5.08. The summed E-state index contributed by atoms with van der Waals surface area (Å²) in [5, 5.41) is 11.1. The van der Waals surface area contributed by atoms with Crippen molar-refractivity contribution in [3.8, 4) is 0 Å². The Morgan fingerprint density at radius 1 is 1.15 bits per heavy atom. The molecular formula is C15H25NO3S. The van der Waals surface area contributed by atoms with E-state index >= 15 is 0 Å². The number of hydrogen-bond donors (Lipinski definition) is 1. The Bertz CT molecular complexity index is 338. The molecule has 20 heavy (non-hydrogen) atoms. The molecular weight excluding hydrogens is 274 g/mol. The average Bonchev–Trinajstić information content (AvgIpc) is 2.42. The number of aliphatic carboxylic acids is 1. The maximum absolute atomic E-state index is 11.7. The van der Waals surface area contributed by atoms with Crippen LogP contribution in [0.5, 0.6) is 0 Å². The minimum absolute atomic E-state index is 0.00512. The molecule has 0 aliphatic carbocycles. The van der Waals surface area contributed by atoms with Gasteiger partial charge in [0.1, 0.15) is 5.78 Å². The number of thiocarbonyl (C=S) groups is 1. The summed E-state index contributed by atoms with van der Waals surface area (Å²) >= 11 is 4.41. The van der Waals surface area contributed by atoms with Gasteiger partial charge in [-0.2, -0.15) is 0 Å². The molecule has 0 aliphatic heterocycles. The number of aliphatic imine (C=N–C) groups is 1. The quantitative estimate of drug-likeness (QED) is 0.318. The number of nitrogens with zero attached hydrogens (tertiary/aromatic N) is 1. The highest BCUT2D eigenvalue weighted by Gasteiger charge is 2.20. The monoisotopic (exact) mass is 299 g/mol. The Kier molecular flexibility index (Phi) is 12.3. The Morgan fingerprint density at radius 3 is 2.30 bits per heavy atom. The van der Waals surface area contributed by atoms with Crippen LogP contribution in [0.15, 0.2) is 4.99 Å². The zero-order valence-corrected chi connectivity index (χ0v) is 13.1. The van der Waals surface area contributed by atoms with Crippen LogP contribution >= 0.6 is 12.2 Å². The van der Waals surface area contributed by atoms with E-state index in [1.807, 2.05) is 0 Å². The molecule has 0 fully saturated rings. The average molecular weight is 299 g/mol. The van der Waals surface area contributed by atoms with Crippen molar-refractivity contribution < 1.29 is 14.7 Å². The Balaban J connectivity index is 3.74. The first-order valence-corrected chi connectivity index (χ1v) is 7.80. The largest absolute Gasteiger partial charge is 0.481 e. The normalized spacial score (nSPS) is 11.7. The number of isothiocyanates is 1. The van der Waals surface area contributed by atoms with E-state index in [1.54, 1.807) is 0 Å². The predicted molar refractivity (Wildman–Crippen MR) is 83.3 cm³/mol. The van der Waals surface area contributed by atoms with E-state index in [9.17, 15) is 9.59 Å². The van der Waals surface area contributed by atoms with Crippen LogP contribution < -0.4 is 0 Å². The van der Waals surface area contributed by atoms with Crippen molar-refractivity contribution in [2.24, 2.45) is 10.9 Å². The lowest BCUT2D eigenvalue weighted by Gasteiger charge is -2.08. The number of carboxylic acid groups (broad SMARTS) is 1. The molecule has 1 unspecified atom stereocenters. The number of carbonyl (C=O) groups excluding carboxylic acids is 1. The molecule has 0 rings (SSSR count). The summed E-state index contributed by atoms with van der Waals surface area (Å²) in [7, 11) is 0. The number of carboxylic acids is 1. The van der Waals surface area contributed by atoms with E-state index in [1.165, 1.54) is 25.7 Å². The van der Waals surface area contributed by atoms with Crippen LogP contribution in [0.2, 0.25) is 0 Å². The first-order valence-electron chi connectivity index (χ1n) is 7.40. The van der Waals surface area contributed by atoms with Gasteiger partial charge >= 0.3 is 5.97 Å². The van der Waals surface area contributed by atoms with Gasteiger partial charge < -0.3 is 5.11 Å². The van der Waals surface area contributed by atoms with Gasteiger partial charge in [0.15, 0.2) is 0 Å². The zero-order chi connectivity index (χ0) is 15.2. The fourth-order valence-electron chi connectivity index (χ4n) is 2.03. The number of ketones is 1. The molecule has 5 heteroatoms. The van der Waals surface area contributed by atoms with E-state index in [2.05, 4.69) is 29.3 Å². The van der Waals surface area contributed by atoms with Gasteiger partial charge in [-0.15, -0.1) is 0 Å². The van der Waals surface area contributed by atoms with Gasteiger partial charge in [0.25, 0.3) is 0 Å². The molecule has 0 aromatic rings. The number of Topliss-reactive ketones (excluding diaryl/α,β-unsaturated/α-hetero) is 1. The molecule has 0 aromatic heterocycles. The fraction of sp³-hybridized carbons (Fsp3) is 0.800. The third-order valence-corrected chi connectivity index (χ3v) is 3.39. The van der Waals surface area contributed by atoms with Crippen molar-refractivity contribution in [1.82, 2.24) is 0 Å². The maximum Gasteiger partial charge on any atom is 0.308 e. The Hall–Kier alpha value is -1.06. The molecule has 0 heterocycles. The standard InChI is InChI=1S/C15H25NO3S/c1-2-3-4-5-6-7-8-9-14(17)10-13(15(18)19)11-16-12-20/h13H,2-11H2,1H3,(H,18,19). The number of unbranched alkanes of at least 4 members (excludes halogenated alkanes) is 6. The Labute approximate surface area is 126 Å². The van der Waals surface area contributed by atoms with Crippen LogP contribution in [0.3, 0.4) is 0 Å². The van der Waals surface area contributed by atoms with E-state index < -0.39 is 11.9 Å². The van der Waals surface area contributed by atoms with Crippen LogP contribution in [-0.4, -0.2) is 28.6 Å². The van der Waals surface area contributed by atoms with E-state index in [0.717, 1.165) is 19.3 Å². The van der Waals surface area contributed by atoms with Crippen molar-refractivity contribution in [1.29, 1.82) is 0 Å². The summed E-state index contributed by atoms with van der Waals surface area (Å²) in [5.41, 5.74) is 0. The minimum atomic E-state index is -0.994. The van der Waals surface area contributed by atoms with Crippen LogP contribution in [-0.2, 0) is 9.59 Å². The summed E-state index contributed by atoms with van der Waals surface area (Å²) in [6.07, 6.45) is 8.58. The van der Waals surface area contributed by atoms with Gasteiger partial charge in [-0.05, 0) is 18.6 Å². The summed E-state index contributed by atoms with van der Waals surface area (Å²) in [6.45, 7) is 2.23. The summed E-state index contributed by atoms with van der Waals surface area (Å²) in [5.74, 6) is -1.75. The third-order valence-electron chi connectivity index (χ3n) is 3.26. The first kappa shape index (κ1) is 18.9. The van der Waals surface area contributed by atoms with E-state index in [0.29, 0.717) is 6.42 Å². The van der Waals surface area contributed by atoms with Crippen LogP contribution in [0.4, 0.5) is 0 Å². The minimum Gasteiger partial charge on any atom is -0.481 e. The van der Waals surface area contributed by atoms with Crippen molar-refractivity contribution in [2.45, 2.75) is 64.7 Å². The lowest BCUT2D eigenvalue weighted by molar-refractivity contribution is -0.143. The topological polar surface area (TPSA) is 66.7 Å². The molecule has 0 bridgehead atoms. The first-order chi connectivity index (χ1) is 9.61. The summed E-state index contributed by atoms with van der Waals surface area (Å²) in [4.78, 5) is 26.3. The molecule has 0 aromatic carbocycles. The summed E-state index contributed by atoms with van der Waals surface area (Å²) in [6, 6.07) is 0. The number of rotatable bonds is 13. The third kappa shape index (κ3) is 10.8. The lowest BCUT2D eigenvalue weighted by Crippen LogP contribution is -2.20. The molecule has 0 saturated heterocycles. The molecule has 114 valence electrons. The molecule has 0 saturated carbocycles. The van der Waals surface area contributed by atoms with Crippen LogP contribution in [0, 0.1) is 5.92 Å². The van der Waals surface area contributed by atoms with E-state index in [4.69, 9.17) is 5.11 Å². The molecule has 0 amide bonds. The van der Waals surface area contributed by atoms with Gasteiger partial charge in [-0.3, -0.25) is 9.59 Å². The zero-order valence-electron chi connectivity index (χ0n) is 12.3. The van der Waals surface area contributed by atoms with Crippen molar-refractivity contribution in [3.63, 3.8) is 0 Å². The van der Waals surface area contributed by atoms with Crippen molar-refractivity contribution in [3.05, 3.63) is 0 Å². The smallest absolute Gasteiger partial charge is 0.308 e. The molecule has 1 N–H and O–H groups in total. The predicted octanol–water partition coefficient (Wildman–Crippen LogP) is 3.89. The van der Waals surface area contributed by atoms with Gasteiger partial charge in [0.2, 0.25) is 0 Å². The second-order valence-corrected chi connectivity index (χ2v) is 5.26. The molecule has 0 radical (unpaired) electrons. The van der Waals surface area contributed by atoms with Crippen LogP contribution in [0.1, 0.15) is 64.7 Å². The molecule has 0 spiro atoms. The highest BCUT2D eigenvalue weighted by molar-refractivity contribution is 7.78. The van der Waals surface area contributed by atoms with Crippen molar-refractivity contribution >= 4 is 29.1 Å². The molecule has 4 nitrogen and oxygen atoms in total. The van der Waals surface area contributed by atoms with Gasteiger partial charge in [-0.25, -0.2) is 4.99 Å². The van der Waals surface area contributed by atoms with Gasteiger partial charge in [0, 0.05) is 12.8 Å². The van der Waals surface area contributed by atoms with Crippen LogP contribution in [0.25, 0.3) is 0 Å². The number of hydrogen-bond acceptors (Lipinski definition) is 4. The van der Waals surface area contributed by atoms with E-state index in [-0.39, 0.29) is 18.7 Å². The SMILES string of the molecule is CCCCCCCCCC(=O)CC(CN=C=S)C(=O)O. The van der Waals surface area contributed by atoms with Gasteiger partial charge in [-0.1, -0.05) is 45.4 Å². The second kappa shape index (κ2) is 12.9. The molecule has 0 aliphatic rings. The maximum atomic E-state index is 11.7. The Morgan fingerprint density at radius 2 is 1.75 bits per heavy atom. The fourth-order valence-corrected chi connectivity index (χ4v) is 2.11. The highest BCUT2D eigenvalue weighted by atomic mass is 32.1. The number of carbonyl (C=O) groups is 2. The highest BCUT2D eigenvalue weighted by Crippen LogP contribution is 2.12. The van der Waals surface area contributed by atoms with Gasteiger partial charge in [0.05, 0.1) is 17.6 Å². The summed E-state index contributed by atoms with van der Waals surface area (Å²) < 4.78 is 0. The lowest BCUT2D eigenvalue weighted by atomic mass is 9.99. The molecule has 1 atom stereocenters.